The van der Waals surface area contributed by atoms with Crippen LogP contribution in [0.5, 0.6) is 5.75 Å². The Balaban J connectivity index is 1.46. The number of esters is 1. The van der Waals surface area contributed by atoms with Crippen LogP contribution >= 0.6 is 0 Å². The highest BCUT2D eigenvalue weighted by Crippen LogP contribution is 2.41. The van der Waals surface area contributed by atoms with Crippen LogP contribution in [-0.2, 0) is 54.5 Å². The number of fused-ring (bicyclic) bond motifs is 6. The second-order valence-corrected chi connectivity index (χ2v) is 17.7. The summed E-state index contributed by atoms with van der Waals surface area (Å²) < 4.78 is 8.39. The summed E-state index contributed by atoms with van der Waals surface area (Å²) >= 11 is 0. The number of aryl methyl sites for hydroxylation is 2. The quantitative estimate of drug-likeness (QED) is 0.139. The van der Waals surface area contributed by atoms with E-state index >= 15 is 0 Å². The smallest absolute Gasteiger partial charge is 0.324 e. The molecule has 0 radical (unpaired) electrons. The number of aromatic nitrogens is 2. The van der Waals surface area contributed by atoms with E-state index in [2.05, 4.69) is 67.8 Å². The minimum Gasteiger partial charge on any atom is -0.508 e. The van der Waals surface area contributed by atoms with Crippen LogP contribution in [0.3, 0.4) is 0 Å². The third-order valence-electron chi connectivity index (χ3n) is 12.0. The number of aromatic hydroxyl groups is 1. The normalized spacial score (nSPS) is 18.4. The van der Waals surface area contributed by atoms with E-state index in [0.29, 0.717) is 31.4 Å². The number of pyridine rings is 1. The maximum atomic E-state index is 14.6. The van der Waals surface area contributed by atoms with Gasteiger partial charge in [0.05, 0.1) is 18.8 Å². The minimum absolute atomic E-state index is 0.0110. The van der Waals surface area contributed by atoms with Gasteiger partial charge in [-0.2, -0.15) is 0 Å². The van der Waals surface area contributed by atoms with E-state index in [1.807, 2.05) is 24.4 Å². The zero-order valence-electron chi connectivity index (χ0n) is 37.3. The number of cyclic esters (lactones) is 1. The Morgan fingerprint density at radius 3 is 2.55 bits per heavy atom. The highest BCUT2D eigenvalue weighted by atomic mass is 16.5. The Labute approximate surface area is 364 Å². The minimum atomic E-state index is -1.17. The second kappa shape index (κ2) is 18.9. The molecular weight excluding hydrogens is 787 g/mol. The summed E-state index contributed by atoms with van der Waals surface area (Å²) in [6, 6.07) is 12.5. The van der Waals surface area contributed by atoms with Crippen molar-refractivity contribution in [2.24, 2.45) is 11.3 Å². The number of carbonyl (C=O) groups excluding carboxylic acids is 5. The van der Waals surface area contributed by atoms with Crippen molar-refractivity contribution in [3.63, 3.8) is 0 Å². The summed E-state index contributed by atoms with van der Waals surface area (Å²) in [5.41, 5.74) is 9.98. The lowest BCUT2D eigenvalue weighted by molar-refractivity contribution is -0.155. The largest absolute Gasteiger partial charge is 0.508 e. The SMILES string of the molecule is C=CC(=O)N(C)CC(=O)N(C)[C@H](C(=O)N[C@H]1Cc2cc(O)cc(c2)-c2ccc3c(c2)c(c(-c2cccnc2CC)n3CC)CC(C)(C)COC(=O)[C@@H]2CCCN(N2)C1=O)C(C)C. The first-order chi connectivity index (χ1) is 29.5. The lowest BCUT2D eigenvalue weighted by Gasteiger charge is -2.37. The third-order valence-corrected chi connectivity index (χ3v) is 12.0. The number of likely N-dealkylation sites (N-methyl/N-ethyl adjacent to an activating group) is 2. The van der Waals surface area contributed by atoms with E-state index in [-0.39, 0.29) is 37.8 Å². The lowest BCUT2D eigenvalue weighted by Crippen LogP contribution is -2.62. The van der Waals surface area contributed by atoms with Crippen LogP contribution in [0.1, 0.15) is 71.2 Å². The summed E-state index contributed by atoms with van der Waals surface area (Å²) in [5.74, 6) is -2.84. The van der Waals surface area contributed by atoms with Gasteiger partial charge in [0.15, 0.2) is 0 Å². The molecule has 2 aliphatic rings. The van der Waals surface area contributed by atoms with E-state index in [9.17, 15) is 29.1 Å². The number of hydrogen-bond donors (Lipinski definition) is 3. The molecule has 2 aromatic heterocycles. The van der Waals surface area contributed by atoms with Crippen LogP contribution in [0.25, 0.3) is 33.3 Å². The highest BCUT2D eigenvalue weighted by Gasteiger charge is 2.38. The number of nitrogens with one attached hydrogen (secondary N) is 2. The fraction of sp³-hybridized carbons (Fsp3) is 0.458. The van der Waals surface area contributed by atoms with Gasteiger partial charge in [-0.3, -0.25) is 34.0 Å². The first-order valence-corrected chi connectivity index (χ1v) is 21.6. The predicted molar refractivity (Wildman–Crippen MR) is 239 cm³/mol. The van der Waals surface area contributed by atoms with Gasteiger partial charge in [-0.1, -0.05) is 53.3 Å². The summed E-state index contributed by atoms with van der Waals surface area (Å²) in [6.45, 7) is 16.3. The number of hydrazine groups is 1. The van der Waals surface area contributed by atoms with Crippen molar-refractivity contribution in [2.45, 2.75) is 98.3 Å². The van der Waals surface area contributed by atoms with E-state index < -0.39 is 53.1 Å². The molecule has 6 bridgehead atoms. The molecule has 4 amide bonds. The molecule has 2 aliphatic heterocycles. The lowest BCUT2D eigenvalue weighted by atomic mass is 9.84. The summed E-state index contributed by atoms with van der Waals surface area (Å²) in [6.07, 6.45) is 5.19. The Bertz CT molecular complexity index is 2370. The molecule has 1 saturated heterocycles. The number of phenols is 1. The fourth-order valence-corrected chi connectivity index (χ4v) is 8.83. The molecule has 0 aliphatic carbocycles. The molecule has 14 heteroatoms. The Morgan fingerprint density at radius 1 is 1.10 bits per heavy atom. The number of rotatable bonds is 10. The van der Waals surface area contributed by atoms with Crippen molar-refractivity contribution < 1.29 is 33.8 Å². The van der Waals surface area contributed by atoms with Crippen molar-refractivity contribution in [1.82, 2.24) is 35.1 Å². The Kier molecular flexibility index (Phi) is 13.9. The van der Waals surface area contributed by atoms with E-state index in [0.717, 1.165) is 57.0 Å². The third kappa shape index (κ3) is 9.70. The first-order valence-electron chi connectivity index (χ1n) is 21.6. The Hall–Kier alpha value is -6.02. The van der Waals surface area contributed by atoms with Crippen molar-refractivity contribution in [1.29, 1.82) is 0 Å². The molecule has 3 atom stereocenters. The van der Waals surface area contributed by atoms with E-state index in [1.165, 1.54) is 28.9 Å². The van der Waals surface area contributed by atoms with E-state index in [4.69, 9.17) is 9.72 Å². The molecule has 0 spiro atoms. The zero-order chi connectivity index (χ0) is 45.0. The maximum Gasteiger partial charge on any atom is 0.324 e. The van der Waals surface area contributed by atoms with Crippen LogP contribution in [0.4, 0.5) is 0 Å². The van der Waals surface area contributed by atoms with Crippen LogP contribution in [-0.4, -0.2) is 111 Å². The molecular formula is C48H61N7O7. The average molecular weight is 848 g/mol. The molecule has 0 unspecified atom stereocenters. The van der Waals surface area contributed by atoms with Gasteiger partial charge in [-0.25, -0.2) is 5.43 Å². The summed E-state index contributed by atoms with van der Waals surface area (Å²) in [7, 11) is 2.97. The molecule has 2 aromatic carbocycles. The van der Waals surface area contributed by atoms with Gasteiger partial charge < -0.3 is 29.5 Å². The maximum absolute atomic E-state index is 14.6. The topological polar surface area (TPSA) is 166 Å². The number of ether oxygens (including phenoxy) is 1. The van der Waals surface area contributed by atoms with Crippen LogP contribution in [0, 0.1) is 11.3 Å². The van der Waals surface area contributed by atoms with Crippen LogP contribution in [0.15, 0.2) is 67.4 Å². The first kappa shape index (κ1) is 45.5. The van der Waals surface area contributed by atoms with Gasteiger partial charge in [0, 0.05) is 67.4 Å². The van der Waals surface area contributed by atoms with Gasteiger partial charge in [0.1, 0.15) is 23.9 Å². The van der Waals surface area contributed by atoms with Crippen LogP contribution in [0.2, 0.25) is 0 Å². The fourth-order valence-electron chi connectivity index (χ4n) is 8.83. The molecule has 4 aromatic rings. The van der Waals surface area contributed by atoms with Crippen LogP contribution < -0.4 is 10.7 Å². The van der Waals surface area contributed by atoms with Gasteiger partial charge in [-0.05, 0) is 103 Å². The number of amides is 4. The zero-order valence-corrected chi connectivity index (χ0v) is 37.3. The molecule has 62 heavy (non-hydrogen) atoms. The second-order valence-electron chi connectivity index (χ2n) is 17.7. The number of carbonyl (C=O) groups is 5. The molecule has 330 valence electrons. The monoisotopic (exact) mass is 847 g/mol. The molecule has 0 saturated carbocycles. The van der Waals surface area contributed by atoms with Gasteiger partial charge in [0.25, 0.3) is 5.91 Å². The van der Waals surface area contributed by atoms with Crippen molar-refractivity contribution in [3.8, 4) is 28.1 Å². The van der Waals surface area contributed by atoms with Crippen molar-refractivity contribution >= 4 is 40.5 Å². The average Bonchev–Trinajstić information content (AvgIpc) is 3.55. The number of hydrogen-bond acceptors (Lipinski definition) is 9. The molecule has 6 rings (SSSR count). The standard InChI is InChI=1S/C48H61N7O7/c1-10-37-34(15-13-19-49-37)44-36-26-48(6,7)28-62-47(61)38-16-14-20-55(51-38)46(60)39(50-45(59)43(29(4)5)53(9)42(58)27-52(8)41(57)11-2)23-30-21-32(24-33(56)22-30)31-17-18-40(35(36)25-31)54(44)12-3/h11,13,15,17-19,21-22,24-25,29,38-39,43,51,56H,2,10,12,14,16,20,23,26-28H2,1,3-9H3,(H,50,59)/t38-,39-,43-/m0/s1. The summed E-state index contributed by atoms with van der Waals surface area (Å²) in [5, 5.41) is 16.6. The van der Waals surface area contributed by atoms with Gasteiger partial charge >= 0.3 is 5.97 Å². The van der Waals surface area contributed by atoms with Crippen molar-refractivity contribution in [2.75, 3.05) is 33.8 Å². The predicted octanol–water partition coefficient (Wildman–Crippen LogP) is 5.43. The molecule has 1 fully saturated rings. The number of nitrogens with zero attached hydrogens (tertiary/aromatic N) is 5. The highest BCUT2D eigenvalue weighted by molar-refractivity contribution is 5.96. The summed E-state index contributed by atoms with van der Waals surface area (Å²) in [4.78, 5) is 75.5. The van der Waals surface area contributed by atoms with E-state index in [1.54, 1.807) is 26.0 Å². The molecule has 4 heterocycles. The molecule has 3 N–H and O–H groups in total. The van der Waals surface area contributed by atoms with Gasteiger partial charge in [-0.15, -0.1) is 0 Å². The van der Waals surface area contributed by atoms with Gasteiger partial charge in [0.2, 0.25) is 17.7 Å². The van der Waals surface area contributed by atoms with Crippen molar-refractivity contribution in [3.05, 3.63) is 84.2 Å². The molecule has 14 nitrogen and oxygen atoms in total. The Morgan fingerprint density at radius 2 is 1.85 bits per heavy atom. The number of phenolic OH excluding ortho intramolecular Hbond substituents is 1. The number of benzene rings is 2.